The second kappa shape index (κ2) is 6.80. The molecular weight excluding hydrogens is 312 g/mol. The molecule has 3 rings (SSSR count). The minimum absolute atomic E-state index is 0.0363. The van der Waals surface area contributed by atoms with Gasteiger partial charge in [0.05, 0.1) is 17.9 Å². The molecule has 7 heteroatoms. The van der Waals surface area contributed by atoms with Gasteiger partial charge in [-0.05, 0) is 17.4 Å². The zero-order chi connectivity index (χ0) is 16.4. The molecule has 2 aromatic heterocycles. The predicted molar refractivity (Wildman–Crippen MR) is 91.7 cm³/mol. The molecule has 6 nitrogen and oxygen atoms in total. The number of hydrogen-bond donors (Lipinski definition) is 1. The minimum atomic E-state index is -0.562. The summed E-state index contributed by atoms with van der Waals surface area (Å²) in [6.45, 7) is 6.70. The van der Waals surface area contributed by atoms with E-state index in [1.807, 2.05) is 30.2 Å². The van der Waals surface area contributed by atoms with Gasteiger partial charge in [0.2, 0.25) is 5.91 Å². The van der Waals surface area contributed by atoms with Crippen molar-refractivity contribution < 1.29 is 9.90 Å². The predicted octanol–water partition coefficient (Wildman–Crippen LogP) is 1.75. The van der Waals surface area contributed by atoms with Gasteiger partial charge in [-0.25, -0.2) is 9.97 Å². The van der Waals surface area contributed by atoms with Crippen molar-refractivity contribution in [1.82, 2.24) is 14.9 Å². The van der Waals surface area contributed by atoms with E-state index >= 15 is 0 Å². The normalized spacial score (nSPS) is 17.0. The van der Waals surface area contributed by atoms with Crippen molar-refractivity contribution >= 4 is 33.3 Å². The number of thiophene rings is 1. The van der Waals surface area contributed by atoms with Gasteiger partial charge in [-0.3, -0.25) is 4.79 Å². The van der Waals surface area contributed by atoms with Crippen LogP contribution in [0.3, 0.4) is 0 Å². The smallest absolute Gasteiger partial charge is 0.225 e. The van der Waals surface area contributed by atoms with Crippen LogP contribution in [0.15, 0.2) is 17.8 Å². The Morgan fingerprint density at radius 3 is 2.74 bits per heavy atom. The maximum absolute atomic E-state index is 12.3. The van der Waals surface area contributed by atoms with Gasteiger partial charge in [-0.15, -0.1) is 11.3 Å². The zero-order valence-electron chi connectivity index (χ0n) is 13.5. The van der Waals surface area contributed by atoms with Gasteiger partial charge in [0.1, 0.15) is 17.0 Å². The molecule has 1 aliphatic rings. The maximum Gasteiger partial charge on any atom is 0.225 e. The van der Waals surface area contributed by atoms with E-state index in [9.17, 15) is 9.90 Å². The highest BCUT2D eigenvalue weighted by molar-refractivity contribution is 7.16. The van der Waals surface area contributed by atoms with E-state index in [0.29, 0.717) is 13.1 Å². The van der Waals surface area contributed by atoms with Gasteiger partial charge in [-0.2, -0.15) is 0 Å². The first-order valence-electron chi connectivity index (χ1n) is 7.95. The summed E-state index contributed by atoms with van der Waals surface area (Å²) in [5.74, 6) is 1.09. The summed E-state index contributed by atoms with van der Waals surface area (Å²) in [6.07, 6.45) is 1.25. The van der Waals surface area contributed by atoms with Gasteiger partial charge < -0.3 is 14.9 Å². The molecule has 1 unspecified atom stereocenters. The molecule has 0 saturated carbocycles. The molecule has 1 atom stereocenters. The summed E-state index contributed by atoms with van der Waals surface area (Å²) < 4.78 is 0. The summed E-state index contributed by atoms with van der Waals surface area (Å²) in [4.78, 5) is 26.0. The highest BCUT2D eigenvalue weighted by atomic mass is 32.1. The average molecular weight is 334 g/mol. The van der Waals surface area contributed by atoms with Crippen LogP contribution in [-0.4, -0.2) is 58.2 Å². The standard InChI is InChI=1S/C16H22N4O2S/c1-11(2)13(21)9-14(22)19-4-6-20(7-5-19)15-12-3-8-23-16(12)18-10-17-15/h3,8,10-11,13,21H,4-7,9H2,1-2H3. The molecule has 0 aromatic carbocycles. The lowest BCUT2D eigenvalue weighted by Crippen LogP contribution is -2.49. The number of hydrogen-bond acceptors (Lipinski definition) is 6. The first-order valence-corrected chi connectivity index (χ1v) is 8.83. The van der Waals surface area contributed by atoms with Crippen molar-refractivity contribution in [3.05, 3.63) is 17.8 Å². The van der Waals surface area contributed by atoms with E-state index in [1.54, 1.807) is 17.7 Å². The van der Waals surface area contributed by atoms with E-state index < -0.39 is 6.10 Å². The van der Waals surface area contributed by atoms with Crippen molar-refractivity contribution in [3.63, 3.8) is 0 Å². The second-order valence-electron chi connectivity index (χ2n) is 6.22. The lowest BCUT2D eigenvalue weighted by Gasteiger charge is -2.36. The summed E-state index contributed by atoms with van der Waals surface area (Å²) in [7, 11) is 0. The van der Waals surface area contributed by atoms with Gasteiger partial charge >= 0.3 is 0 Å². The lowest BCUT2D eigenvalue weighted by atomic mass is 10.0. The fourth-order valence-electron chi connectivity index (χ4n) is 2.74. The fourth-order valence-corrected chi connectivity index (χ4v) is 3.47. The highest BCUT2D eigenvalue weighted by Gasteiger charge is 2.25. The number of piperazine rings is 1. The number of anilines is 1. The van der Waals surface area contributed by atoms with Crippen LogP contribution in [0.2, 0.25) is 0 Å². The van der Waals surface area contributed by atoms with Gasteiger partial charge in [-0.1, -0.05) is 13.8 Å². The molecule has 1 amide bonds. The molecule has 3 heterocycles. The summed E-state index contributed by atoms with van der Waals surface area (Å²) >= 11 is 1.61. The van der Waals surface area contributed by atoms with E-state index in [0.717, 1.165) is 29.1 Å². The number of nitrogens with zero attached hydrogens (tertiary/aromatic N) is 4. The highest BCUT2D eigenvalue weighted by Crippen LogP contribution is 2.27. The Labute approximate surface area is 139 Å². The third-order valence-corrected chi connectivity index (χ3v) is 5.15. The SMILES string of the molecule is CC(C)C(O)CC(=O)N1CCN(c2ncnc3sccc23)CC1. The molecule has 0 radical (unpaired) electrons. The van der Waals surface area contributed by atoms with Crippen LogP contribution >= 0.6 is 11.3 Å². The quantitative estimate of drug-likeness (QED) is 0.922. The van der Waals surface area contributed by atoms with E-state index in [4.69, 9.17) is 0 Å². The Hall–Kier alpha value is -1.73. The Kier molecular flexibility index (Phi) is 4.77. The van der Waals surface area contributed by atoms with Gasteiger partial charge in [0.15, 0.2) is 0 Å². The number of rotatable bonds is 4. The number of amides is 1. The molecule has 2 aromatic rings. The van der Waals surface area contributed by atoms with E-state index in [-0.39, 0.29) is 18.2 Å². The topological polar surface area (TPSA) is 69.6 Å². The molecule has 1 saturated heterocycles. The van der Waals surface area contributed by atoms with Crippen LogP contribution in [-0.2, 0) is 4.79 Å². The molecular formula is C16H22N4O2S. The van der Waals surface area contributed by atoms with Crippen molar-refractivity contribution in [2.45, 2.75) is 26.4 Å². The van der Waals surface area contributed by atoms with E-state index in [2.05, 4.69) is 14.9 Å². The van der Waals surface area contributed by atoms with Crippen LogP contribution in [0.1, 0.15) is 20.3 Å². The van der Waals surface area contributed by atoms with Crippen molar-refractivity contribution in [2.24, 2.45) is 5.92 Å². The third-order valence-electron chi connectivity index (χ3n) is 4.33. The molecule has 1 N–H and O–H groups in total. The molecule has 0 spiro atoms. The third kappa shape index (κ3) is 3.45. The van der Waals surface area contributed by atoms with Crippen LogP contribution in [0, 0.1) is 5.92 Å². The number of carbonyl (C=O) groups excluding carboxylic acids is 1. The van der Waals surface area contributed by atoms with Crippen LogP contribution < -0.4 is 4.90 Å². The Balaban J connectivity index is 1.62. The largest absolute Gasteiger partial charge is 0.392 e. The summed E-state index contributed by atoms with van der Waals surface area (Å²) in [6, 6.07) is 2.05. The second-order valence-corrected chi connectivity index (χ2v) is 7.11. The van der Waals surface area contributed by atoms with Crippen molar-refractivity contribution in [2.75, 3.05) is 31.1 Å². The first kappa shape index (κ1) is 16.1. The number of aliphatic hydroxyl groups is 1. The Morgan fingerprint density at radius 1 is 1.30 bits per heavy atom. The lowest BCUT2D eigenvalue weighted by molar-refractivity contribution is -0.134. The molecule has 1 fully saturated rings. The molecule has 0 aliphatic carbocycles. The van der Waals surface area contributed by atoms with Crippen molar-refractivity contribution in [3.8, 4) is 0 Å². The number of aromatic nitrogens is 2. The minimum Gasteiger partial charge on any atom is -0.392 e. The number of fused-ring (bicyclic) bond motifs is 1. The van der Waals surface area contributed by atoms with Crippen LogP contribution in [0.4, 0.5) is 5.82 Å². The molecule has 0 bridgehead atoms. The Morgan fingerprint density at radius 2 is 2.04 bits per heavy atom. The van der Waals surface area contributed by atoms with Crippen molar-refractivity contribution in [1.29, 1.82) is 0 Å². The van der Waals surface area contributed by atoms with E-state index in [1.165, 1.54) is 0 Å². The Bertz CT molecular complexity index is 680. The van der Waals surface area contributed by atoms with Crippen LogP contribution in [0.25, 0.3) is 10.2 Å². The fraction of sp³-hybridized carbons (Fsp3) is 0.562. The molecule has 1 aliphatic heterocycles. The first-order chi connectivity index (χ1) is 11.1. The van der Waals surface area contributed by atoms with Crippen LogP contribution in [0.5, 0.6) is 0 Å². The zero-order valence-corrected chi connectivity index (χ0v) is 14.3. The number of carbonyl (C=O) groups is 1. The summed E-state index contributed by atoms with van der Waals surface area (Å²) in [5, 5.41) is 13.0. The van der Waals surface area contributed by atoms with Gasteiger partial charge in [0, 0.05) is 26.2 Å². The summed E-state index contributed by atoms with van der Waals surface area (Å²) in [5.41, 5.74) is 0. The van der Waals surface area contributed by atoms with Gasteiger partial charge in [0.25, 0.3) is 0 Å². The monoisotopic (exact) mass is 334 g/mol. The average Bonchev–Trinajstić information content (AvgIpc) is 3.03. The molecule has 124 valence electrons. The molecule has 23 heavy (non-hydrogen) atoms. The number of aliphatic hydroxyl groups excluding tert-OH is 1. The maximum atomic E-state index is 12.3.